The average molecular weight is 109 g/mol. The van der Waals surface area contributed by atoms with Crippen molar-refractivity contribution >= 4 is 0 Å². The van der Waals surface area contributed by atoms with Crippen molar-refractivity contribution in [2.75, 3.05) is 6.79 Å². The third-order valence-electron chi connectivity index (χ3n) is 0.211. The summed E-state index contributed by atoms with van der Waals surface area (Å²) < 4.78 is 0. The third-order valence-corrected chi connectivity index (χ3v) is 0.211. The third kappa shape index (κ3) is 5.12. The van der Waals surface area contributed by atoms with E-state index in [1.54, 1.807) is 0 Å². The fraction of sp³-hybridized carbons (Fsp3) is 1.00. The van der Waals surface area contributed by atoms with E-state index in [-0.39, 0.29) is 0 Å². The van der Waals surface area contributed by atoms with Crippen molar-refractivity contribution in [3.63, 3.8) is 0 Å². The van der Waals surface area contributed by atoms with Gasteiger partial charge in [-0.15, -0.1) is 10.1 Å². The van der Waals surface area contributed by atoms with Gasteiger partial charge in [0.2, 0.25) is 6.79 Å². The van der Waals surface area contributed by atoms with Gasteiger partial charge in [-0.25, -0.2) is 10.1 Å². The zero-order valence-corrected chi connectivity index (χ0v) is 3.23. The summed E-state index contributed by atoms with van der Waals surface area (Å²) in [6, 6.07) is 0. The van der Waals surface area contributed by atoms with Crippen molar-refractivity contribution in [1.82, 2.24) is 0 Å². The maximum absolute atomic E-state index is 9.15. The summed E-state index contributed by atoms with van der Waals surface area (Å²) in [7, 11) is 0. The second-order valence-electron chi connectivity index (χ2n) is 0.600. The summed E-state index contributed by atoms with van der Waals surface area (Å²) in [5, 5.41) is 15.5. The molecule has 0 aliphatic rings. The Balaban J connectivity index is 2.82. The van der Waals surface area contributed by atoms with Gasteiger partial charge in [0.15, 0.2) is 0 Å². The Morgan fingerprint density at radius 2 is 2.43 bits per heavy atom. The topological polar surface area (TPSA) is 81.8 Å². The Morgan fingerprint density at radius 3 is 2.57 bits per heavy atom. The minimum atomic E-state index is -1.07. The molecule has 0 saturated heterocycles. The van der Waals surface area contributed by atoms with Crippen LogP contribution in [-0.4, -0.2) is 17.1 Å². The molecule has 0 aromatic rings. The predicted molar refractivity (Wildman–Crippen MR) is 16.7 cm³/mol. The number of hydrogen-bond acceptors (Lipinski definition) is 5. The molecule has 0 heterocycles. The lowest BCUT2D eigenvalue weighted by atomic mass is 11.5. The molecule has 0 saturated carbocycles. The quantitative estimate of drug-likeness (QED) is 0.231. The Hall–Kier alpha value is -0.880. The first-order valence-electron chi connectivity index (χ1n) is 1.31. The SMILES string of the molecule is O=[N+]([O-])OCOO. The lowest BCUT2D eigenvalue weighted by Crippen LogP contribution is -2.02. The molecule has 0 aromatic carbocycles. The zero-order valence-electron chi connectivity index (χ0n) is 3.23. The van der Waals surface area contributed by atoms with Crippen LogP contribution in [0.5, 0.6) is 0 Å². The minimum Gasteiger partial charge on any atom is -0.282 e. The van der Waals surface area contributed by atoms with Crippen LogP contribution in [0, 0.1) is 10.1 Å². The Morgan fingerprint density at radius 1 is 1.86 bits per heavy atom. The molecule has 0 atom stereocenters. The molecule has 0 aliphatic carbocycles. The first-order valence-corrected chi connectivity index (χ1v) is 1.31. The van der Waals surface area contributed by atoms with Crippen molar-refractivity contribution in [3.8, 4) is 0 Å². The van der Waals surface area contributed by atoms with E-state index in [1.165, 1.54) is 0 Å². The van der Waals surface area contributed by atoms with Gasteiger partial charge in [0, 0.05) is 0 Å². The summed E-state index contributed by atoms with van der Waals surface area (Å²) >= 11 is 0. The normalized spacial score (nSPS) is 8.14. The van der Waals surface area contributed by atoms with Crippen molar-refractivity contribution in [2.45, 2.75) is 0 Å². The van der Waals surface area contributed by atoms with E-state index in [0.717, 1.165) is 0 Å². The molecule has 7 heavy (non-hydrogen) atoms. The molecule has 1 N–H and O–H groups in total. The molecule has 0 bridgehead atoms. The van der Waals surface area contributed by atoms with Gasteiger partial charge in [0.1, 0.15) is 0 Å². The molecule has 0 rings (SSSR count). The van der Waals surface area contributed by atoms with Crippen LogP contribution in [0.2, 0.25) is 0 Å². The molecule has 6 nitrogen and oxygen atoms in total. The van der Waals surface area contributed by atoms with E-state index in [4.69, 9.17) is 15.4 Å². The van der Waals surface area contributed by atoms with Crippen LogP contribution in [0.25, 0.3) is 0 Å². The van der Waals surface area contributed by atoms with Gasteiger partial charge >= 0.3 is 0 Å². The van der Waals surface area contributed by atoms with Gasteiger partial charge in [-0.05, 0) is 0 Å². The van der Waals surface area contributed by atoms with Crippen molar-refractivity contribution in [1.29, 1.82) is 0 Å². The van der Waals surface area contributed by atoms with E-state index in [0.29, 0.717) is 0 Å². The van der Waals surface area contributed by atoms with Crippen molar-refractivity contribution in [3.05, 3.63) is 10.1 Å². The van der Waals surface area contributed by atoms with Gasteiger partial charge in [-0.1, -0.05) is 0 Å². The molecule has 42 valence electrons. The van der Waals surface area contributed by atoms with Crippen LogP contribution in [0.4, 0.5) is 0 Å². The standard InChI is InChI=1S/CH3NO5/c3-2(4)6-1-7-5/h5H,1H2. The Kier molecular flexibility index (Phi) is 2.90. The summed E-state index contributed by atoms with van der Waals surface area (Å²) in [5.74, 6) is 0. The van der Waals surface area contributed by atoms with E-state index in [1.807, 2.05) is 0 Å². The first kappa shape index (κ1) is 6.12. The Labute approximate surface area is 38.3 Å². The highest BCUT2D eigenvalue weighted by Crippen LogP contribution is 1.71. The maximum atomic E-state index is 9.15. The second kappa shape index (κ2) is 3.32. The monoisotopic (exact) mass is 109 g/mol. The smallest absolute Gasteiger partial charge is 0.282 e. The van der Waals surface area contributed by atoms with Crippen molar-refractivity contribution in [2.24, 2.45) is 0 Å². The van der Waals surface area contributed by atoms with E-state index in [9.17, 15) is 0 Å². The van der Waals surface area contributed by atoms with E-state index in [2.05, 4.69) is 9.73 Å². The molecule has 0 fully saturated rings. The molecule has 0 unspecified atom stereocenters. The Bertz CT molecular complexity index is 61.1. The number of hydrogen-bond donors (Lipinski definition) is 1. The van der Waals surface area contributed by atoms with Gasteiger partial charge in [0.05, 0.1) is 0 Å². The maximum Gasteiger partial charge on any atom is 0.296 e. The van der Waals surface area contributed by atoms with Crippen LogP contribution < -0.4 is 0 Å². The van der Waals surface area contributed by atoms with Gasteiger partial charge in [-0.3, -0.25) is 4.84 Å². The largest absolute Gasteiger partial charge is 0.296 e. The van der Waals surface area contributed by atoms with Crippen LogP contribution in [0.3, 0.4) is 0 Å². The fourth-order valence-corrected chi connectivity index (χ4v) is 0.0666. The van der Waals surface area contributed by atoms with Gasteiger partial charge in [-0.2, -0.15) is 0 Å². The highest BCUT2D eigenvalue weighted by molar-refractivity contribution is 3.88. The summed E-state index contributed by atoms with van der Waals surface area (Å²) in [5.41, 5.74) is 0. The predicted octanol–water partition coefficient (Wildman–Crippen LogP) is -0.358. The lowest BCUT2D eigenvalue weighted by Gasteiger charge is -1.88. The average Bonchev–Trinajstić information content (AvgIpc) is 1.61. The summed E-state index contributed by atoms with van der Waals surface area (Å²) in [4.78, 5) is 15.8. The van der Waals surface area contributed by atoms with E-state index < -0.39 is 11.9 Å². The summed E-state index contributed by atoms with van der Waals surface area (Å²) in [6.45, 7) is -0.743. The van der Waals surface area contributed by atoms with Crippen LogP contribution >= 0.6 is 0 Å². The molecule has 0 amide bonds. The lowest BCUT2D eigenvalue weighted by molar-refractivity contribution is -0.773. The molecule has 6 heteroatoms. The molecule has 0 radical (unpaired) electrons. The first-order chi connectivity index (χ1) is 3.27. The van der Waals surface area contributed by atoms with Crippen LogP contribution in [0.15, 0.2) is 0 Å². The highest BCUT2D eigenvalue weighted by Gasteiger charge is 1.89. The zero-order chi connectivity index (χ0) is 5.70. The fourth-order valence-electron chi connectivity index (χ4n) is 0.0666. The van der Waals surface area contributed by atoms with Crippen LogP contribution in [-0.2, 0) is 9.73 Å². The molecule has 0 aromatic heterocycles. The van der Waals surface area contributed by atoms with Gasteiger partial charge in [0.25, 0.3) is 5.09 Å². The van der Waals surface area contributed by atoms with E-state index >= 15 is 0 Å². The number of nitrogens with zero attached hydrogens (tertiary/aromatic N) is 1. The second-order valence-corrected chi connectivity index (χ2v) is 0.600. The molecule has 0 aliphatic heterocycles. The van der Waals surface area contributed by atoms with Crippen molar-refractivity contribution < 1.29 is 20.1 Å². The minimum absolute atomic E-state index is 0.743. The van der Waals surface area contributed by atoms with Crippen LogP contribution in [0.1, 0.15) is 0 Å². The molecular formula is CH3NO5. The number of rotatable bonds is 3. The molecular weight excluding hydrogens is 106 g/mol. The van der Waals surface area contributed by atoms with Gasteiger partial charge < -0.3 is 0 Å². The molecule has 0 spiro atoms. The highest BCUT2D eigenvalue weighted by atomic mass is 17.2. The summed E-state index contributed by atoms with van der Waals surface area (Å²) in [6.07, 6.45) is 0.